The van der Waals surface area contributed by atoms with E-state index in [1.165, 1.54) is 12.1 Å². The zero-order valence-corrected chi connectivity index (χ0v) is 20.1. The van der Waals surface area contributed by atoms with Crippen molar-refractivity contribution in [2.24, 2.45) is 0 Å². The molecule has 0 aliphatic heterocycles. The second kappa shape index (κ2) is 11.7. The lowest BCUT2D eigenvalue weighted by Crippen LogP contribution is -2.23. The van der Waals surface area contributed by atoms with E-state index in [9.17, 15) is 14.0 Å². The number of hydrogen-bond donors (Lipinski definition) is 1. The summed E-state index contributed by atoms with van der Waals surface area (Å²) >= 11 is 6.31. The lowest BCUT2D eigenvalue weighted by atomic mass is 10.00. The van der Waals surface area contributed by atoms with Crippen LogP contribution in [0.1, 0.15) is 53.5 Å². The fourth-order valence-corrected chi connectivity index (χ4v) is 3.65. The molecule has 0 atom stereocenters. The largest absolute Gasteiger partial charge is 0.493 e. The first-order valence-electron chi connectivity index (χ1n) is 11.1. The van der Waals surface area contributed by atoms with Crippen molar-refractivity contribution in [2.45, 2.75) is 39.8 Å². The van der Waals surface area contributed by atoms with E-state index < -0.39 is 5.82 Å². The molecular weight excluding hydrogens is 457 g/mol. The second-order valence-corrected chi connectivity index (χ2v) is 8.46. The summed E-state index contributed by atoms with van der Waals surface area (Å²) < 4.78 is 25.4. The smallest absolute Gasteiger partial charge is 0.253 e. The highest BCUT2D eigenvalue weighted by Gasteiger charge is 2.14. The number of hydrogen-bond acceptors (Lipinski definition) is 4. The van der Waals surface area contributed by atoms with Crippen molar-refractivity contribution in [3.63, 3.8) is 0 Å². The topological polar surface area (TPSA) is 64.6 Å². The van der Waals surface area contributed by atoms with Crippen LogP contribution in [0.4, 0.5) is 4.39 Å². The average Bonchev–Trinajstić information content (AvgIpc) is 2.80. The molecule has 178 valence electrons. The molecule has 0 radical (unpaired) electrons. The highest BCUT2D eigenvalue weighted by molar-refractivity contribution is 6.34. The Bertz CT molecular complexity index is 1180. The van der Waals surface area contributed by atoms with Crippen molar-refractivity contribution in [3.8, 4) is 22.6 Å². The minimum Gasteiger partial charge on any atom is -0.493 e. The van der Waals surface area contributed by atoms with Crippen LogP contribution in [0.3, 0.4) is 0 Å². The Morgan fingerprint density at radius 1 is 1.09 bits per heavy atom. The minimum atomic E-state index is -0.500. The summed E-state index contributed by atoms with van der Waals surface area (Å²) in [6.07, 6.45) is 1.42. The zero-order chi connectivity index (χ0) is 24.7. The van der Waals surface area contributed by atoms with E-state index in [4.69, 9.17) is 21.1 Å². The monoisotopic (exact) mass is 483 g/mol. The van der Waals surface area contributed by atoms with Crippen molar-refractivity contribution in [2.75, 3.05) is 6.61 Å². The van der Waals surface area contributed by atoms with Gasteiger partial charge in [0.05, 0.1) is 23.3 Å². The molecule has 1 N–H and O–H groups in total. The van der Waals surface area contributed by atoms with Gasteiger partial charge in [-0.15, -0.1) is 0 Å². The maximum atomic E-state index is 14.0. The van der Waals surface area contributed by atoms with Gasteiger partial charge in [-0.25, -0.2) is 4.39 Å². The molecule has 3 aromatic rings. The van der Waals surface area contributed by atoms with Crippen molar-refractivity contribution < 1.29 is 23.5 Å². The highest BCUT2D eigenvalue weighted by atomic mass is 35.5. The fraction of sp³-hybridized carbons (Fsp3) is 0.259. The lowest BCUT2D eigenvalue weighted by molar-refractivity contribution is 0.0950. The maximum absolute atomic E-state index is 14.0. The van der Waals surface area contributed by atoms with Crippen LogP contribution >= 0.6 is 11.6 Å². The van der Waals surface area contributed by atoms with Crippen molar-refractivity contribution >= 4 is 23.8 Å². The Morgan fingerprint density at radius 2 is 1.88 bits per heavy atom. The molecular formula is C27H27ClFNO4. The second-order valence-electron chi connectivity index (χ2n) is 8.05. The Labute approximate surface area is 203 Å². The van der Waals surface area contributed by atoms with E-state index in [-0.39, 0.29) is 29.1 Å². The van der Waals surface area contributed by atoms with Crippen LogP contribution in [0, 0.1) is 5.82 Å². The number of halogens is 2. The molecule has 0 saturated carbocycles. The third kappa shape index (κ3) is 6.58. The van der Waals surface area contributed by atoms with Gasteiger partial charge in [-0.2, -0.15) is 0 Å². The zero-order valence-electron chi connectivity index (χ0n) is 19.4. The van der Waals surface area contributed by atoms with Crippen LogP contribution in [0.5, 0.6) is 11.5 Å². The van der Waals surface area contributed by atoms with Crippen LogP contribution in [-0.4, -0.2) is 24.9 Å². The molecule has 0 saturated heterocycles. The van der Waals surface area contributed by atoms with Gasteiger partial charge in [0.15, 0.2) is 0 Å². The number of rotatable bonds is 10. The van der Waals surface area contributed by atoms with Gasteiger partial charge in [-0.05, 0) is 79.9 Å². The summed E-state index contributed by atoms with van der Waals surface area (Å²) in [7, 11) is 0. The van der Waals surface area contributed by atoms with Gasteiger partial charge in [-0.3, -0.25) is 9.59 Å². The van der Waals surface area contributed by atoms with Gasteiger partial charge >= 0.3 is 0 Å². The number of ether oxygens (including phenoxy) is 2. The molecule has 0 fully saturated rings. The van der Waals surface area contributed by atoms with Crippen LogP contribution in [0.15, 0.2) is 54.6 Å². The van der Waals surface area contributed by atoms with Crippen LogP contribution in [0.25, 0.3) is 11.1 Å². The number of aldehydes is 1. The van der Waals surface area contributed by atoms with Gasteiger partial charge in [0, 0.05) is 17.7 Å². The third-order valence-corrected chi connectivity index (χ3v) is 5.22. The van der Waals surface area contributed by atoms with E-state index in [1.54, 1.807) is 36.4 Å². The SMILES string of the molecule is CCCOc1ccc(-c2cc(F)cc(C=O)c2)cc1CNC(=O)c1ccc(OC(C)C)cc1Cl. The summed E-state index contributed by atoms with van der Waals surface area (Å²) in [4.78, 5) is 24.0. The summed E-state index contributed by atoms with van der Waals surface area (Å²) in [5.74, 6) is 0.358. The van der Waals surface area contributed by atoms with Gasteiger partial charge in [0.25, 0.3) is 5.91 Å². The first-order valence-corrected chi connectivity index (χ1v) is 11.4. The van der Waals surface area contributed by atoms with Crippen molar-refractivity contribution in [3.05, 3.63) is 82.1 Å². The van der Waals surface area contributed by atoms with Gasteiger partial charge in [0.1, 0.15) is 23.6 Å². The summed E-state index contributed by atoms with van der Waals surface area (Å²) in [5, 5.41) is 3.16. The lowest BCUT2D eigenvalue weighted by Gasteiger charge is -2.15. The standard InChI is InChI=1S/C27H27ClFNO4/c1-4-9-33-26-8-5-19(20-10-18(16-31)11-22(29)13-20)12-21(26)15-30-27(32)24-7-6-23(14-25(24)28)34-17(2)3/h5-8,10-14,16-17H,4,9,15H2,1-3H3,(H,30,32). The van der Waals surface area contributed by atoms with Crippen LogP contribution < -0.4 is 14.8 Å². The molecule has 5 nitrogen and oxygen atoms in total. The van der Waals surface area contributed by atoms with Gasteiger partial charge < -0.3 is 14.8 Å². The van der Waals surface area contributed by atoms with Crippen molar-refractivity contribution in [1.82, 2.24) is 5.32 Å². The predicted octanol–water partition coefficient (Wildman–Crippen LogP) is 6.46. The maximum Gasteiger partial charge on any atom is 0.253 e. The predicted molar refractivity (Wildman–Crippen MR) is 131 cm³/mol. The number of nitrogens with one attached hydrogen (secondary N) is 1. The molecule has 3 rings (SSSR count). The van der Waals surface area contributed by atoms with Crippen molar-refractivity contribution in [1.29, 1.82) is 0 Å². The van der Waals surface area contributed by atoms with Crippen LogP contribution in [0.2, 0.25) is 5.02 Å². The Morgan fingerprint density at radius 3 is 2.56 bits per heavy atom. The summed E-state index contributed by atoms with van der Waals surface area (Å²) in [5.41, 5.74) is 2.54. The molecule has 1 amide bonds. The minimum absolute atomic E-state index is 0.00902. The molecule has 34 heavy (non-hydrogen) atoms. The molecule has 0 aliphatic carbocycles. The third-order valence-electron chi connectivity index (χ3n) is 4.91. The van der Waals surface area contributed by atoms with E-state index in [0.717, 1.165) is 6.42 Å². The first-order chi connectivity index (χ1) is 16.3. The number of carbonyl (C=O) groups excluding carboxylic acids is 2. The van der Waals surface area contributed by atoms with E-state index in [1.807, 2.05) is 26.8 Å². The van der Waals surface area contributed by atoms with Gasteiger partial charge in [-0.1, -0.05) is 24.6 Å². The summed E-state index contributed by atoms with van der Waals surface area (Å²) in [6, 6.07) is 14.5. The number of benzene rings is 3. The van der Waals surface area contributed by atoms with Crippen LogP contribution in [-0.2, 0) is 6.54 Å². The first kappa shape index (κ1) is 25.2. The molecule has 0 spiro atoms. The molecule has 0 aliphatic rings. The number of carbonyl (C=O) groups is 2. The van der Waals surface area contributed by atoms with E-state index in [2.05, 4.69) is 5.32 Å². The Kier molecular flexibility index (Phi) is 8.66. The highest BCUT2D eigenvalue weighted by Crippen LogP contribution is 2.29. The number of amides is 1. The Hall–Kier alpha value is -3.38. The van der Waals surface area contributed by atoms with Gasteiger partial charge in [0.2, 0.25) is 0 Å². The molecule has 7 heteroatoms. The Balaban J connectivity index is 1.84. The molecule has 0 bridgehead atoms. The molecule has 0 heterocycles. The van der Waals surface area contributed by atoms with E-state index in [0.29, 0.717) is 46.6 Å². The molecule has 3 aromatic carbocycles. The molecule has 0 aromatic heterocycles. The quantitative estimate of drug-likeness (QED) is 0.336. The summed E-state index contributed by atoms with van der Waals surface area (Å²) in [6.45, 7) is 6.49. The molecule has 0 unspecified atom stereocenters. The normalized spacial score (nSPS) is 10.8. The van der Waals surface area contributed by atoms with E-state index >= 15 is 0 Å². The fourth-order valence-electron chi connectivity index (χ4n) is 3.39. The average molecular weight is 484 g/mol.